The van der Waals surface area contributed by atoms with Crippen LogP contribution < -0.4 is 0 Å². The lowest BCUT2D eigenvalue weighted by Gasteiger charge is -1.98. The smallest absolute Gasteiger partial charge is 0.235 e. The molecule has 72 valence electrons. The molecular weight excluding hydrogens is 178 g/mol. The predicted molar refractivity (Wildman–Crippen MR) is 54.4 cm³/mol. The van der Waals surface area contributed by atoms with E-state index in [0.29, 0.717) is 5.92 Å². The minimum atomic E-state index is -0.441. The average Bonchev–Trinajstić information content (AvgIpc) is 2.98. The van der Waals surface area contributed by atoms with Gasteiger partial charge in [0.2, 0.25) is 6.20 Å². The van der Waals surface area contributed by atoms with E-state index in [2.05, 4.69) is 6.07 Å². The third-order valence-electron chi connectivity index (χ3n) is 2.35. The van der Waals surface area contributed by atoms with Gasteiger partial charge in [-0.05, 0) is 29.9 Å². The Hall–Kier alpha value is -1.64. The third-order valence-corrected chi connectivity index (χ3v) is 2.35. The number of rotatable bonds is 3. The van der Waals surface area contributed by atoms with Crippen molar-refractivity contribution in [3.8, 4) is 0 Å². The summed E-state index contributed by atoms with van der Waals surface area (Å²) in [5, 5.41) is 10.1. The van der Waals surface area contributed by atoms with Crippen molar-refractivity contribution in [2.24, 2.45) is 0 Å². The molecule has 2 rings (SSSR count). The van der Waals surface area contributed by atoms with Gasteiger partial charge in [0.25, 0.3) is 0 Å². The van der Waals surface area contributed by atoms with E-state index < -0.39 is 4.92 Å². The summed E-state index contributed by atoms with van der Waals surface area (Å²) in [6.07, 6.45) is 5.02. The molecule has 0 radical (unpaired) electrons. The Bertz CT molecular complexity index is 381. The first-order valence-corrected chi connectivity index (χ1v) is 4.67. The van der Waals surface area contributed by atoms with Crippen LogP contribution in [0.1, 0.15) is 29.9 Å². The fraction of sp³-hybridized carbons (Fsp3) is 0.273. The minimum absolute atomic E-state index is 0.441. The van der Waals surface area contributed by atoms with Gasteiger partial charge in [-0.3, -0.25) is 10.1 Å². The van der Waals surface area contributed by atoms with Gasteiger partial charge in [-0.25, -0.2) is 0 Å². The molecule has 0 saturated heterocycles. The van der Waals surface area contributed by atoms with E-state index in [4.69, 9.17) is 0 Å². The Labute approximate surface area is 82.2 Å². The lowest BCUT2D eigenvalue weighted by atomic mass is 10.1. The van der Waals surface area contributed by atoms with Crippen molar-refractivity contribution in [2.45, 2.75) is 18.8 Å². The van der Waals surface area contributed by atoms with Gasteiger partial charge in [0.15, 0.2) is 0 Å². The molecule has 1 aromatic carbocycles. The van der Waals surface area contributed by atoms with Gasteiger partial charge < -0.3 is 0 Å². The summed E-state index contributed by atoms with van der Waals surface area (Å²) >= 11 is 0. The van der Waals surface area contributed by atoms with Crippen molar-refractivity contribution in [2.75, 3.05) is 0 Å². The molecule has 1 aliphatic carbocycles. The summed E-state index contributed by atoms with van der Waals surface area (Å²) in [5.41, 5.74) is 2.21. The monoisotopic (exact) mass is 189 g/mol. The quantitative estimate of drug-likeness (QED) is 0.542. The number of benzene rings is 1. The Morgan fingerprint density at radius 3 is 2.86 bits per heavy atom. The number of hydrogen-bond donors (Lipinski definition) is 0. The van der Waals surface area contributed by atoms with Gasteiger partial charge in [0.05, 0.1) is 4.92 Å². The van der Waals surface area contributed by atoms with Gasteiger partial charge in [-0.1, -0.05) is 24.3 Å². The van der Waals surface area contributed by atoms with Crippen molar-refractivity contribution >= 4 is 6.08 Å². The zero-order valence-corrected chi connectivity index (χ0v) is 7.72. The van der Waals surface area contributed by atoms with Gasteiger partial charge in [0.1, 0.15) is 0 Å². The molecule has 0 aromatic heterocycles. The van der Waals surface area contributed by atoms with Crippen molar-refractivity contribution in [1.29, 1.82) is 0 Å². The second-order valence-electron chi connectivity index (χ2n) is 3.55. The van der Waals surface area contributed by atoms with Gasteiger partial charge in [-0.15, -0.1) is 0 Å². The molecule has 0 spiro atoms. The third kappa shape index (κ3) is 2.19. The van der Waals surface area contributed by atoms with Crippen LogP contribution in [0.15, 0.2) is 30.5 Å². The van der Waals surface area contributed by atoms with Crippen LogP contribution in [-0.4, -0.2) is 4.92 Å². The maximum Gasteiger partial charge on any atom is 0.235 e. The second kappa shape index (κ2) is 3.62. The molecule has 1 aliphatic rings. The molecule has 1 saturated carbocycles. The molecule has 0 atom stereocenters. The first-order chi connectivity index (χ1) is 6.75. The minimum Gasteiger partial charge on any atom is -0.259 e. The van der Waals surface area contributed by atoms with Gasteiger partial charge in [-0.2, -0.15) is 0 Å². The molecular formula is C11H11NO2. The van der Waals surface area contributed by atoms with Crippen LogP contribution in [0.25, 0.3) is 6.08 Å². The highest BCUT2D eigenvalue weighted by Crippen LogP contribution is 2.40. The van der Waals surface area contributed by atoms with Crippen LogP contribution in [0.3, 0.4) is 0 Å². The van der Waals surface area contributed by atoms with E-state index in [9.17, 15) is 10.1 Å². The zero-order valence-electron chi connectivity index (χ0n) is 7.72. The van der Waals surface area contributed by atoms with E-state index in [1.807, 2.05) is 18.2 Å². The number of nitrogens with zero attached hydrogens (tertiary/aromatic N) is 1. The Morgan fingerprint density at radius 1 is 1.43 bits per heavy atom. The van der Waals surface area contributed by atoms with Crippen LogP contribution in [0.2, 0.25) is 0 Å². The summed E-state index contributed by atoms with van der Waals surface area (Å²) in [6, 6.07) is 7.94. The largest absolute Gasteiger partial charge is 0.259 e. The molecule has 0 aliphatic heterocycles. The van der Waals surface area contributed by atoms with Crippen molar-refractivity contribution in [1.82, 2.24) is 0 Å². The van der Waals surface area contributed by atoms with Crippen LogP contribution in [0, 0.1) is 10.1 Å². The summed E-state index contributed by atoms with van der Waals surface area (Å²) < 4.78 is 0. The van der Waals surface area contributed by atoms with E-state index in [1.165, 1.54) is 24.5 Å². The molecule has 1 fully saturated rings. The van der Waals surface area contributed by atoms with Gasteiger partial charge in [0, 0.05) is 6.08 Å². The molecule has 0 bridgehead atoms. The molecule has 3 heteroatoms. The summed E-state index contributed by atoms with van der Waals surface area (Å²) in [5.74, 6) is 0.693. The zero-order chi connectivity index (χ0) is 9.97. The maximum atomic E-state index is 10.1. The van der Waals surface area contributed by atoms with E-state index in [0.717, 1.165) is 11.8 Å². The topological polar surface area (TPSA) is 43.1 Å². The highest BCUT2D eigenvalue weighted by Gasteiger charge is 2.23. The molecule has 1 aromatic rings. The fourth-order valence-electron chi connectivity index (χ4n) is 1.48. The SMILES string of the molecule is O=[N+]([O-])/C=C/c1cccc(C2CC2)c1. The lowest BCUT2D eigenvalue weighted by Crippen LogP contribution is -1.84. The van der Waals surface area contributed by atoms with E-state index in [-0.39, 0.29) is 0 Å². The predicted octanol–water partition coefficient (Wildman–Crippen LogP) is 2.81. The Morgan fingerprint density at radius 2 is 2.21 bits per heavy atom. The average molecular weight is 189 g/mol. The molecule has 3 nitrogen and oxygen atoms in total. The lowest BCUT2D eigenvalue weighted by molar-refractivity contribution is -0.400. The van der Waals surface area contributed by atoms with E-state index >= 15 is 0 Å². The summed E-state index contributed by atoms with van der Waals surface area (Å²) in [4.78, 5) is 9.68. The molecule has 0 amide bonds. The van der Waals surface area contributed by atoms with Crippen LogP contribution in [-0.2, 0) is 0 Å². The van der Waals surface area contributed by atoms with E-state index in [1.54, 1.807) is 0 Å². The standard InChI is InChI=1S/C11H11NO2/c13-12(14)7-6-9-2-1-3-11(8-9)10-4-5-10/h1-3,6-8,10H,4-5H2/b7-6+. The summed E-state index contributed by atoms with van der Waals surface area (Å²) in [6.45, 7) is 0. The highest BCUT2D eigenvalue weighted by molar-refractivity contribution is 5.50. The second-order valence-corrected chi connectivity index (χ2v) is 3.55. The first kappa shape index (κ1) is 8.94. The molecule has 0 unspecified atom stereocenters. The number of hydrogen-bond acceptors (Lipinski definition) is 2. The molecule has 14 heavy (non-hydrogen) atoms. The Kier molecular flexibility index (Phi) is 2.31. The highest BCUT2D eigenvalue weighted by atomic mass is 16.6. The van der Waals surface area contributed by atoms with Crippen LogP contribution in [0.4, 0.5) is 0 Å². The normalized spacial score (nSPS) is 16.0. The Balaban J connectivity index is 2.17. The summed E-state index contributed by atoms with van der Waals surface area (Å²) in [7, 11) is 0. The van der Waals surface area contributed by atoms with Crippen molar-refractivity contribution in [3.63, 3.8) is 0 Å². The first-order valence-electron chi connectivity index (χ1n) is 4.67. The molecule has 0 N–H and O–H groups in total. The maximum absolute atomic E-state index is 10.1. The van der Waals surface area contributed by atoms with Crippen LogP contribution in [0.5, 0.6) is 0 Å². The molecule has 0 heterocycles. The number of nitro groups is 1. The van der Waals surface area contributed by atoms with Gasteiger partial charge >= 0.3 is 0 Å². The fourth-order valence-corrected chi connectivity index (χ4v) is 1.48. The van der Waals surface area contributed by atoms with Crippen LogP contribution >= 0.6 is 0 Å². The van der Waals surface area contributed by atoms with Crippen molar-refractivity contribution < 1.29 is 4.92 Å². The van der Waals surface area contributed by atoms with Crippen molar-refractivity contribution in [3.05, 3.63) is 51.7 Å².